The molecule has 0 spiro atoms. The van der Waals surface area contributed by atoms with Crippen LogP contribution in [0.4, 0.5) is 0 Å². The van der Waals surface area contributed by atoms with E-state index < -0.39 is 0 Å². The minimum absolute atomic E-state index is 0.00481. The second-order valence-corrected chi connectivity index (χ2v) is 7.70. The molecule has 0 amide bonds. The van der Waals surface area contributed by atoms with Gasteiger partial charge in [0.25, 0.3) is 0 Å². The molecule has 1 nitrogen and oxygen atoms in total. The van der Waals surface area contributed by atoms with E-state index in [1.807, 2.05) is 0 Å². The minimum Gasteiger partial charge on any atom is -0.413 e. The molecule has 0 saturated carbocycles. The summed E-state index contributed by atoms with van der Waals surface area (Å²) < 4.78 is 5.84. The Bertz CT molecular complexity index is 183. The molecule has 16 heavy (non-hydrogen) atoms. The van der Waals surface area contributed by atoms with Crippen LogP contribution in [-0.2, 0) is 4.43 Å². The van der Waals surface area contributed by atoms with Crippen molar-refractivity contribution in [2.75, 3.05) is 0 Å². The van der Waals surface area contributed by atoms with Gasteiger partial charge in [0.15, 0.2) is 0 Å². The first kappa shape index (κ1) is 16.7. The predicted molar refractivity (Wildman–Crippen MR) is 76.2 cm³/mol. The maximum atomic E-state index is 5.67. The van der Waals surface area contributed by atoms with Gasteiger partial charge in [0.1, 0.15) is 0 Å². The molecule has 0 aliphatic heterocycles. The second kappa shape index (κ2) is 7.17. The van der Waals surface area contributed by atoms with Crippen LogP contribution >= 0.6 is 15.9 Å². The monoisotopic (exact) mass is 305 g/mol. The molecule has 3 heteroatoms. The summed E-state index contributed by atoms with van der Waals surface area (Å²) in [6.07, 6.45) is 5.67. The summed E-state index contributed by atoms with van der Waals surface area (Å²) >= 11 is 3.76. The van der Waals surface area contributed by atoms with E-state index >= 15 is 0 Å². The molecule has 0 rings (SSSR count). The van der Waals surface area contributed by atoms with Crippen LogP contribution in [0.3, 0.4) is 0 Å². The first-order valence-electron chi connectivity index (χ1n) is 6.35. The van der Waals surface area contributed by atoms with Gasteiger partial charge in [-0.1, -0.05) is 49.5 Å². The quantitative estimate of drug-likeness (QED) is 0.469. The van der Waals surface area contributed by atoms with Crippen molar-refractivity contribution < 1.29 is 4.43 Å². The Morgan fingerprint density at radius 1 is 1.19 bits per heavy atom. The topological polar surface area (TPSA) is 9.23 Å². The summed E-state index contributed by atoms with van der Waals surface area (Å²) in [6, 6.07) is 0. The smallest absolute Gasteiger partial charge is 0.247 e. The Morgan fingerprint density at radius 2 is 1.62 bits per heavy atom. The molecule has 1 unspecified atom stereocenters. The Balaban J connectivity index is 4.63. The maximum Gasteiger partial charge on any atom is 0.247 e. The fourth-order valence-corrected chi connectivity index (χ4v) is 2.63. The van der Waals surface area contributed by atoms with Gasteiger partial charge in [0, 0.05) is 4.32 Å². The zero-order valence-corrected chi connectivity index (χ0v) is 14.0. The lowest BCUT2D eigenvalue weighted by molar-refractivity contribution is 0.0305. The van der Waals surface area contributed by atoms with E-state index in [1.165, 1.54) is 12.8 Å². The third-order valence-electron chi connectivity index (χ3n) is 3.48. The zero-order chi connectivity index (χ0) is 12.8. The van der Waals surface area contributed by atoms with Gasteiger partial charge < -0.3 is 4.43 Å². The van der Waals surface area contributed by atoms with Gasteiger partial charge in [-0.2, -0.15) is 0 Å². The van der Waals surface area contributed by atoms with Crippen LogP contribution in [-0.4, -0.2) is 20.4 Å². The summed E-state index contributed by atoms with van der Waals surface area (Å²) in [5.41, 5.74) is 0.00481. The average Bonchev–Trinajstić information content (AvgIpc) is 2.16. The van der Waals surface area contributed by atoms with Crippen molar-refractivity contribution in [3.05, 3.63) is 0 Å². The van der Waals surface area contributed by atoms with Gasteiger partial charge in [-0.15, -0.1) is 0 Å². The van der Waals surface area contributed by atoms with Crippen LogP contribution in [0.2, 0.25) is 0 Å². The van der Waals surface area contributed by atoms with Gasteiger partial charge in [-0.3, -0.25) is 0 Å². The van der Waals surface area contributed by atoms with Gasteiger partial charge in [0.2, 0.25) is 10.5 Å². The summed E-state index contributed by atoms with van der Waals surface area (Å²) in [5.74, 6) is 0.585. The number of alkyl halides is 1. The van der Waals surface area contributed by atoms with Crippen molar-refractivity contribution in [2.45, 2.75) is 76.6 Å². The molecule has 0 aliphatic rings. The first-order chi connectivity index (χ1) is 7.31. The Hall–Kier alpha value is 0.657. The van der Waals surface area contributed by atoms with Crippen LogP contribution in [0.1, 0.15) is 66.7 Å². The van der Waals surface area contributed by atoms with E-state index in [2.05, 4.69) is 61.0 Å². The van der Waals surface area contributed by atoms with Crippen LogP contribution in [0, 0.1) is 5.92 Å². The van der Waals surface area contributed by atoms with Crippen LogP contribution < -0.4 is 0 Å². The SMILES string of the molecule is CCCC(CCC)(CC(C)C(C)(C)Br)O[Si]. The zero-order valence-electron chi connectivity index (χ0n) is 11.4. The van der Waals surface area contributed by atoms with Crippen LogP contribution in [0.15, 0.2) is 0 Å². The fourth-order valence-electron chi connectivity index (χ4n) is 2.18. The third-order valence-corrected chi connectivity index (χ3v) is 4.69. The molecular formula is C13H26BrOSi. The van der Waals surface area contributed by atoms with Gasteiger partial charge in [-0.05, 0) is 39.0 Å². The normalized spacial score (nSPS) is 15.2. The molecule has 0 aromatic rings. The summed E-state index contributed by atoms with van der Waals surface area (Å²) in [7, 11) is 3.31. The maximum absolute atomic E-state index is 5.67. The molecule has 0 heterocycles. The summed E-state index contributed by atoms with van der Waals surface area (Å²) in [6.45, 7) is 11.2. The van der Waals surface area contributed by atoms with E-state index in [-0.39, 0.29) is 9.93 Å². The molecule has 0 bridgehead atoms. The minimum atomic E-state index is 0.00481. The van der Waals surface area contributed by atoms with Crippen molar-refractivity contribution in [1.29, 1.82) is 0 Å². The first-order valence-corrected chi connectivity index (χ1v) is 7.55. The molecule has 95 valence electrons. The Labute approximate surface area is 113 Å². The average molecular weight is 306 g/mol. The Morgan fingerprint density at radius 3 is 1.88 bits per heavy atom. The van der Waals surface area contributed by atoms with E-state index in [0.717, 1.165) is 19.3 Å². The van der Waals surface area contributed by atoms with Crippen LogP contribution in [0.5, 0.6) is 0 Å². The fraction of sp³-hybridized carbons (Fsp3) is 1.00. The van der Waals surface area contributed by atoms with E-state index in [1.54, 1.807) is 0 Å². The lowest BCUT2D eigenvalue weighted by atomic mass is 9.80. The standard InChI is InChI=1S/C13H26BrOSi/c1-6-8-13(15-16,9-7-2)10-11(3)12(4,5)14/h11H,6-10H2,1-5H3. The molecule has 0 aliphatic carbocycles. The lowest BCUT2D eigenvalue weighted by Gasteiger charge is -2.38. The largest absolute Gasteiger partial charge is 0.413 e. The summed E-state index contributed by atoms with van der Waals surface area (Å²) in [5, 5.41) is 0. The molecule has 0 saturated heterocycles. The van der Waals surface area contributed by atoms with E-state index in [4.69, 9.17) is 4.43 Å². The highest BCUT2D eigenvalue weighted by molar-refractivity contribution is 9.10. The van der Waals surface area contributed by atoms with Gasteiger partial charge in [-0.25, -0.2) is 0 Å². The Kier molecular flexibility index (Phi) is 7.47. The number of hydrogen-bond acceptors (Lipinski definition) is 1. The molecule has 0 aromatic heterocycles. The van der Waals surface area contributed by atoms with E-state index in [9.17, 15) is 0 Å². The molecule has 0 aromatic carbocycles. The van der Waals surface area contributed by atoms with Crippen molar-refractivity contribution in [1.82, 2.24) is 0 Å². The number of halogens is 1. The predicted octanol–water partition coefficient (Wildman–Crippen LogP) is 4.63. The highest BCUT2D eigenvalue weighted by Gasteiger charge is 2.34. The van der Waals surface area contributed by atoms with Crippen molar-refractivity contribution >= 4 is 26.4 Å². The third kappa shape index (κ3) is 5.33. The molecule has 1 atom stereocenters. The van der Waals surface area contributed by atoms with Crippen LogP contribution in [0.25, 0.3) is 0 Å². The highest BCUT2D eigenvalue weighted by atomic mass is 79.9. The summed E-state index contributed by atoms with van der Waals surface area (Å²) in [4.78, 5) is 0. The lowest BCUT2D eigenvalue weighted by Crippen LogP contribution is -2.37. The van der Waals surface area contributed by atoms with E-state index in [0.29, 0.717) is 5.92 Å². The van der Waals surface area contributed by atoms with Crippen molar-refractivity contribution in [2.24, 2.45) is 5.92 Å². The molecular weight excluding hydrogens is 280 g/mol. The molecule has 3 radical (unpaired) electrons. The molecule has 0 fully saturated rings. The second-order valence-electron chi connectivity index (χ2n) is 5.45. The molecule has 0 N–H and O–H groups in total. The van der Waals surface area contributed by atoms with Crippen molar-refractivity contribution in [3.63, 3.8) is 0 Å². The number of rotatable bonds is 8. The van der Waals surface area contributed by atoms with Gasteiger partial charge in [0.05, 0.1) is 5.60 Å². The van der Waals surface area contributed by atoms with Gasteiger partial charge >= 0.3 is 0 Å². The number of hydrogen-bond donors (Lipinski definition) is 0. The highest BCUT2D eigenvalue weighted by Crippen LogP contribution is 2.37. The van der Waals surface area contributed by atoms with Crippen molar-refractivity contribution in [3.8, 4) is 0 Å².